The van der Waals surface area contributed by atoms with Crippen molar-refractivity contribution in [3.8, 4) is 5.75 Å². The SMILES string of the molecule is COc1cc(Cl)c(C)cc1NC1CCCC(C)C1C. The third kappa shape index (κ3) is 3.17. The quantitative estimate of drug-likeness (QED) is 0.851. The fourth-order valence-corrected chi connectivity index (χ4v) is 3.08. The van der Waals surface area contributed by atoms with Gasteiger partial charge >= 0.3 is 0 Å². The number of rotatable bonds is 3. The molecule has 3 unspecified atom stereocenters. The van der Waals surface area contributed by atoms with Gasteiger partial charge in [0.05, 0.1) is 12.8 Å². The molecule has 1 aromatic carbocycles. The molecule has 1 saturated carbocycles. The van der Waals surface area contributed by atoms with Crippen LogP contribution in [-0.2, 0) is 0 Å². The maximum absolute atomic E-state index is 6.15. The van der Waals surface area contributed by atoms with Crippen molar-refractivity contribution in [2.45, 2.75) is 46.1 Å². The fourth-order valence-electron chi connectivity index (χ4n) is 2.93. The van der Waals surface area contributed by atoms with E-state index in [0.29, 0.717) is 12.0 Å². The van der Waals surface area contributed by atoms with Crippen molar-refractivity contribution in [3.63, 3.8) is 0 Å². The van der Waals surface area contributed by atoms with Gasteiger partial charge in [-0.15, -0.1) is 0 Å². The molecule has 3 atom stereocenters. The molecule has 0 amide bonds. The van der Waals surface area contributed by atoms with Crippen LogP contribution in [0.4, 0.5) is 5.69 Å². The van der Waals surface area contributed by atoms with Gasteiger partial charge < -0.3 is 10.1 Å². The van der Waals surface area contributed by atoms with E-state index in [2.05, 4.69) is 25.2 Å². The van der Waals surface area contributed by atoms with Crippen molar-refractivity contribution in [2.75, 3.05) is 12.4 Å². The van der Waals surface area contributed by atoms with Gasteiger partial charge in [-0.05, 0) is 36.8 Å². The topological polar surface area (TPSA) is 21.3 Å². The predicted molar refractivity (Wildman–Crippen MR) is 82.3 cm³/mol. The van der Waals surface area contributed by atoms with E-state index in [1.165, 1.54) is 19.3 Å². The molecule has 1 N–H and O–H groups in total. The number of aryl methyl sites for hydroxylation is 1. The van der Waals surface area contributed by atoms with Gasteiger partial charge in [0.25, 0.3) is 0 Å². The van der Waals surface area contributed by atoms with Crippen molar-refractivity contribution in [1.82, 2.24) is 0 Å². The van der Waals surface area contributed by atoms with Crippen LogP contribution in [0.2, 0.25) is 5.02 Å². The summed E-state index contributed by atoms with van der Waals surface area (Å²) in [5.41, 5.74) is 2.15. The molecule has 0 bridgehead atoms. The van der Waals surface area contributed by atoms with Crippen LogP contribution in [0.1, 0.15) is 38.7 Å². The molecule has 0 radical (unpaired) electrons. The minimum absolute atomic E-state index is 0.526. The molecule has 0 spiro atoms. The zero-order chi connectivity index (χ0) is 14.0. The molecule has 2 nitrogen and oxygen atoms in total. The van der Waals surface area contributed by atoms with Crippen LogP contribution in [0.5, 0.6) is 5.75 Å². The number of benzene rings is 1. The maximum Gasteiger partial charge on any atom is 0.143 e. The highest BCUT2D eigenvalue weighted by atomic mass is 35.5. The number of hydrogen-bond donors (Lipinski definition) is 1. The summed E-state index contributed by atoms with van der Waals surface area (Å²) < 4.78 is 5.44. The van der Waals surface area contributed by atoms with E-state index in [1.807, 2.05) is 13.0 Å². The summed E-state index contributed by atoms with van der Waals surface area (Å²) in [5.74, 6) is 2.31. The van der Waals surface area contributed by atoms with Crippen molar-refractivity contribution in [1.29, 1.82) is 0 Å². The Morgan fingerprint density at radius 1 is 1.26 bits per heavy atom. The zero-order valence-corrected chi connectivity index (χ0v) is 13.1. The van der Waals surface area contributed by atoms with Gasteiger partial charge in [-0.2, -0.15) is 0 Å². The molecule has 1 aliphatic carbocycles. The van der Waals surface area contributed by atoms with Crippen molar-refractivity contribution < 1.29 is 4.74 Å². The Hall–Kier alpha value is -0.890. The summed E-state index contributed by atoms with van der Waals surface area (Å²) in [7, 11) is 1.69. The average molecular weight is 282 g/mol. The van der Waals surface area contributed by atoms with Crippen LogP contribution in [0.25, 0.3) is 0 Å². The van der Waals surface area contributed by atoms with E-state index >= 15 is 0 Å². The first-order valence-corrected chi connectivity index (χ1v) is 7.51. The van der Waals surface area contributed by atoms with Crippen LogP contribution < -0.4 is 10.1 Å². The van der Waals surface area contributed by atoms with Gasteiger partial charge in [0, 0.05) is 17.1 Å². The van der Waals surface area contributed by atoms with Gasteiger partial charge in [0.2, 0.25) is 0 Å². The Morgan fingerprint density at radius 3 is 2.68 bits per heavy atom. The lowest BCUT2D eigenvalue weighted by atomic mass is 9.78. The lowest BCUT2D eigenvalue weighted by Gasteiger charge is -2.35. The highest BCUT2D eigenvalue weighted by Gasteiger charge is 2.27. The minimum atomic E-state index is 0.526. The molecule has 1 fully saturated rings. The summed E-state index contributed by atoms with van der Waals surface area (Å²) in [6.45, 7) is 6.72. The molecular weight excluding hydrogens is 258 g/mol. The maximum atomic E-state index is 6.15. The molecule has 19 heavy (non-hydrogen) atoms. The summed E-state index contributed by atoms with van der Waals surface area (Å²) >= 11 is 6.15. The molecular formula is C16H24ClNO. The van der Waals surface area contributed by atoms with Gasteiger partial charge in [0.1, 0.15) is 5.75 Å². The van der Waals surface area contributed by atoms with E-state index in [4.69, 9.17) is 16.3 Å². The second kappa shape index (κ2) is 6.04. The van der Waals surface area contributed by atoms with Crippen molar-refractivity contribution in [2.24, 2.45) is 11.8 Å². The second-order valence-electron chi connectivity index (χ2n) is 5.82. The van der Waals surface area contributed by atoms with Gasteiger partial charge in [0.15, 0.2) is 0 Å². The highest BCUT2D eigenvalue weighted by Crippen LogP contribution is 2.36. The van der Waals surface area contributed by atoms with Crippen LogP contribution in [-0.4, -0.2) is 13.2 Å². The Morgan fingerprint density at radius 2 is 2.00 bits per heavy atom. The van der Waals surface area contributed by atoms with E-state index in [0.717, 1.165) is 27.9 Å². The number of halogens is 1. The van der Waals surface area contributed by atoms with Crippen molar-refractivity contribution in [3.05, 3.63) is 22.7 Å². The Labute approximate surface area is 121 Å². The third-order valence-corrected chi connectivity index (χ3v) is 4.94. The first-order valence-electron chi connectivity index (χ1n) is 7.13. The Kier molecular flexibility index (Phi) is 4.62. The second-order valence-corrected chi connectivity index (χ2v) is 6.23. The largest absolute Gasteiger partial charge is 0.495 e. The highest BCUT2D eigenvalue weighted by molar-refractivity contribution is 6.31. The average Bonchev–Trinajstić information content (AvgIpc) is 2.39. The number of nitrogens with one attached hydrogen (secondary N) is 1. The van der Waals surface area contributed by atoms with Gasteiger partial charge in [-0.1, -0.05) is 38.3 Å². The van der Waals surface area contributed by atoms with E-state index < -0.39 is 0 Å². The Bertz CT molecular complexity index is 447. The van der Waals surface area contributed by atoms with E-state index in [-0.39, 0.29) is 0 Å². The van der Waals surface area contributed by atoms with Crippen LogP contribution in [0.15, 0.2) is 12.1 Å². The molecule has 106 valence electrons. The van der Waals surface area contributed by atoms with Gasteiger partial charge in [-0.3, -0.25) is 0 Å². The normalized spacial score (nSPS) is 27.1. The zero-order valence-electron chi connectivity index (χ0n) is 12.3. The lowest BCUT2D eigenvalue weighted by molar-refractivity contribution is 0.252. The number of hydrogen-bond acceptors (Lipinski definition) is 2. The molecule has 0 heterocycles. The summed E-state index contributed by atoms with van der Waals surface area (Å²) in [5, 5.41) is 4.42. The van der Waals surface area contributed by atoms with Gasteiger partial charge in [-0.25, -0.2) is 0 Å². The fraction of sp³-hybridized carbons (Fsp3) is 0.625. The predicted octanol–water partition coefficient (Wildman–Crippen LogP) is 4.89. The molecule has 1 aliphatic rings. The number of anilines is 1. The molecule has 0 saturated heterocycles. The summed E-state index contributed by atoms with van der Waals surface area (Å²) in [6, 6.07) is 4.52. The summed E-state index contributed by atoms with van der Waals surface area (Å²) in [4.78, 5) is 0. The van der Waals surface area contributed by atoms with Crippen molar-refractivity contribution >= 4 is 17.3 Å². The Balaban J connectivity index is 2.20. The van der Waals surface area contributed by atoms with Crippen LogP contribution in [0.3, 0.4) is 0 Å². The third-order valence-electron chi connectivity index (χ3n) is 4.53. The minimum Gasteiger partial charge on any atom is -0.495 e. The molecule has 1 aromatic rings. The van der Waals surface area contributed by atoms with Crippen LogP contribution in [0, 0.1) is 18.8 Å². The number of ether oxygens (including phenoxy) is 1. The van der Waals surface area contributed by atoms with E-state index in [1.54, 1.807) is 7.11 Å². The number of methoxy groups -OCH3 is 1. The first-order chi connectivity index (χ1) is 9.02. The molecule has 0 aliphatic heterocycles. The molecule has 0 aromatic heterocycles. The monoisotopic (exact) mass is 281 g/mol. The first kappa shape index (κ1) is 14.5. The van der Waals surface area contributed by atoms with E-state index in [9.17, 15) is 0 Å². The standard InChI is InChI=1S/C16H24ClNO/c1-10-6-5-7-14(12(10)3)18-15-8-11(2)13(17)9-16(15)19-4/h8-10,12,14,18H,5-7H2,1-4H3. The lowest BCUT2D eigenvalue weighted by Crippen LogP contribution is -2.35. The summed E-state index contributed by atoms with van der Waals surface area (Å²) in [6.07, 6.45) is 3.88. The molecule has 2 rings (SSSR count). The smallest absolute Gasteiger partial charge is 0.143 e. The van der Waals surface area contributed by atoms with Crippen LogP contribution >= 0.6 is 11.6 Å². The molecule has 3 heteroatoms.